The standard InChI is InChI=1S/C12H18O2S/c1-12(2,13)8-9-15-11-6-4-10(14-3)5-7-11/h4-7,13H,8-9H2,1-3H3. The Morgan fingerprint density at radius 2 is 1.87 bits per heavy atom. The summed E-state index contributed by atoms with van der Waals surface area (Å²) in [6.07, 6.45) is 0.795. The number of thioether (sulfide) groups is 1. The smallest absolute Gasteiger partial charge is 0.118 e. The minimum absolute atomic E-state index is 0.570. The minimum Gasteiger partial charge on any atom is -0.497 e. The van der Waals surface area contributed by atoms with Crippen molar-refractivity contribution in [3.63, 3.8) is 0 Å². The number of hydrogen-bond acceptors (Lipinski definition) is 3. The maximum atomic E-state index is 9.54. The van der Waals surface area contributed by atoms with E-state index >= 15 is 0 Å². The molecule has 1 N–H and O–H groups in total. The number of benzene rings is 1. The first-order valence-corrected chi connectivity index (χ1v) is 5.99. The summed E-state index contributed by atoms with van der Waals surface area (Å²) in [6.45, 7) is 3.67. The molecule has 0 aromatic heterocycles. The highest BCUT2D eigenvalue weighted by molar-refractivity contribution is 7.99. The predicted molar refractivity (Wildman–Crippen MR) is 64.6 cm³/mol. The first-order valence-electron chi connectivity index (χ1n) is 5.00. The highest BCUT2D eigenvalue weighted by atomic mass is 32.2. The summed E-state index contributed by atoms with van der Waals surface area (Å²) < 4.78 is 5.08. The zero-order valence-electron chi connectivity index (χ0n) is 9.49. The summed E-state index contributed by atoms with van der Waals surface area (Å²) in [6, 6.07) is 7.97. The van der Waals surface area contributed by atoms with Crippen molar-refractivity contribution in [1.82, 2.24) is 0 Å². The second-order valence-electron chi connectivity index (χ2n) is 4.09. The molecule has 0 aliphatic heterocycles. The van der Waals surface area contributed by atoms with Gasteiger partial charge in [-0.05, 0) is 44.5 Å². The average Bonchev–Trinajstić information content (AvgIpc) is 2.17. The van der Waals surface area contributed by atoms with E-state index in [9.17, 15) is 5.11 Å². The van der Waals surface area contributed by atoms with Gasteiger partial charge in [-0.15, -0.1) is 11.8 Å². The van der Waals surface area contributed by atoms with Gasteiger partial charge >= 0.3 is 0 Å². The van der Waals surface area contributed by atoms with E-state index in [1.165, 1.54) is 4.90 Å². The average molecular weight is 226 g/mol. The largest absolute Gasteiger partial charge is 0.497 e. The van der Waals surface area contributed by atoms with Crippen LogP contribution < -0.4 is 4.74 Å². The Balaban J connectivity index is 2.38. The van der Waals surface area contributed by atoms with Gasteiger partial charge < -0.3 is 9.84 Å². The Hall–Kier alpha value is -0.670. The van der Waals surface area contributed by atoms with Crippen molar-refractivity contribution >= 4 is 11.8 Å². The molecule has 0 aliphatic carbocycles. The highest BCUT2D eigenvalue weighted by Crippen LogP contribution is 2.23. The van der Waals surface area contributed by atoms with Crippen LogP contribution in [0.3, 0.4) is 0 Å². The van der Waals surface area contributed by atoms with Crippen molar-refractivity contribution in [2.24, 2.45) is 0 Å². The quantitative estimate of drug-likeness (QED) is 0.783. The molecule has 84 valence electrons. The topological polar surface area (TPSA) is 29.5 Å². The third-order valence-corrected chi connectivity index (χ3v) is 3.06. The normalized spacial score (nSPS) is 11.5. The van der Waals surface area contributed by atoms with E-state index < -0.39 is 5.60 Å². The first-order chi connectivity index (χ1) is 7.01. The van der Waals surface area contributed by atoms with E-state index in [2.05, 4.69) is 0 Å². The Morgan fingerprint density at radius 1 is 1.27 bits per heavy atom. The molecule has 0 spiro atoms. The molecule has 1 aromatic rings. The van der Waals surface area contributed by atoms with Crippen LogP contribution in [0.2, 0.25) is 0 Å². The maximum absolute atomic E-state index is 9.54. The molecular weight excluding hydrogens is 208 g/mol. The third-order valence-electron chi connectivity index (χ3n) is 2.04. The van der Waals surface area contributed by atoms with Crippen LogP contribution in [-0.2, 0) is 0 Å². The number of ether oxygens (including phenoxy) is 1. The zero-order valence-corrected chi connectivity index (χ0v) is 10.3. The fraction of sp³-hybridized carbons (Fsp3) is 0.500. The molecule has 0 atom stereocenters. The number of methoxy groups -OCH3 is 1. The van der Waals surface area contributed by atoms with Crippen LogP contribution in [0.4, 0.5) is 0 Å². The number of hydrogen-bond donors (Lipinski definition) is 1. The van der Waals surface area contributed by atoms with Crippen LogP contribution in [0, 0.1) is 0 Å². The molecule has 15 heavy (non-hydrogen) atoms. The summed E-state index contributed by atoms with van der Waals surface area (Å²) >= 11 is 1.75. The van der Waals surface area contributed by atoms with Crippen molar-refractivity contribution in [2.45, 2.75) is 30.8 Å². The lowest BCUT2D eigenvalue weighted by atomic mass is 10.1. The number of rotatable bonds is 5. The van der Waals surface area contributed by atoms with E-state index in [0.29, 0.717) is 0 Å². The van der Waals surface area contributed by atoms with Crippen molar-refractivity contribution in [2.75, 3.05) is 12.9 Å². The van der Waals surface area contributed by atoms with Crippen molar-refractivity contribution in [1.29, 1.82) is 0 Å². The lowest BCUT2D eigenvalue weighted by molar-refractivity contribution is 0.0778. The van der Waals surface area contributed by atoms with Crippen LogP contribution in [-0.4, -0.2) is 23.6 Å². The van der Waals surface area contributed by atoms with Gasteiger partial charge in [-0.1, -0.05) is 0 Å². The minimum atomic E-state index is -0.570. The lowest BCUT2D eigenvalue weighted by Crippen LogP contribution is -2.18. The molecule has 1 rings (SSSR count). The van der Waals surface area contributed by atoms with Gasteiger partial charge in [0.2, 0.25) is 0 Å². The van der Waals surface area contributed by atoms with Crippen LogP contribution in [0.25, 0.3) is 0 Å². The zero-order chi connectivity index (χ0) is 11.3. The van der Waals surface area contributed by atoms with Crippen LogP contribution in [0.1, 0.15) is 20.3 Å². The van der Waals surface area contributed by atoms with E-state index in [1.807, 2.05) is 38.1 Å². The van der Waals surface area contributed by atoms with Crippen LogP contribution in [0.5, 0.6) is 5.75 Å². The Bertz CT molecular complexity index is 287. The van der Waals surface area contributed by atoms with Crippen LogP contribution >= 0.6 is 11.8 Å². The van der Waals surface area contributed by atoms with E-state index in [0.717, 1.165) is 17.9 Å². The molecule has 0 aliphatic rings. The van der Waals surface area contributed by atoms with Gasteiger partial charge in [0.15, 0.2) is 0 Å². The molecule has 0 saturated heterocycles. The molecule has 0 amide bonds. The predicted octanol–water partition coefficient (Wildman–Crippen LogP) is 2.95. The molecule has 0 fully saturated rings. The summed E-state index contributed by atoms with van der Waals surface area (Å²) in [5, 5.41) is 9.54. The van der Waals surface area contributed by atoms with Gasteiger partial charge in [0.1, 0.15) is 5.75 Å². The number of aliphatic hydroxyl groups is 1. The maximum Gasteiger partial charge on any atom is 0.118 e. The summed E-state index contributed by atoms with van der Waals surface area (Å²) in [5.41, 5.74) is -0.570. The molecule has 0 unspecified atom stereocenters. The van der Waals surface area contributed by atoms with Crippen molar-refractivity contribution in [3.05, 3.63) is 24.3 Å². The van der Waals surface area contributed by atoms with Crippen molar-refractivity contribution in [3.8, 4) is 5.75 Å². The molecule has 3 heteroatoms. The fourth-order valence-electron chi connectivity index (χ4n) is 1.09. The second kappa shape index (κ2) is 5.42. The van der Waals surface area contributed by atoms with Crippen LogP contribution in [0.15, 0.2) is 29.2 Å². The van der Waals surface area contributed by atoms with E-state index in [1.54, 1.807) is 18.9 Å². The molecule has 0 heterocycles. The summed E-state index contributed by atoms with van der Waals surface area (Å²) in [4.78, 5) is 1.21. The summed E-state index contributed by atoms with van der Waals surface area (Å²) in [7, 11) is 1.66. The molecule has 1 aromatic carbocycles. The van der Waals surface area contributed by atoms with Gasteiger partial charge in [-0.25, -0.2) is 0 Å². The molecule has 0 bridgehead atoms. The van der Waals surface area contributed by atoms with Gasteiger partial charge in [-0.3, -0.25) is 0 Å². The van der Waals surface area contributed by atoms with Gasteiger partial charge in [0, 0.05) is 10.6 Å². The molecule has 0 radical (unpaired) electrons. The van der Waals surface area contributed by atoms with Crippen molar-refractivity contribution < 1.29 is 9.84 Å². The fourth-order valence-corrected chi connectivity index (χ4v) is 2.26. The van der Waals surface area contributed by atoms with Gasteiger partial charge in [-0.2, -0.15) is 0 Å². The van der Waals surface area contributed by atoms with Gasteiger partial charge in [0.05, 0.1) is 12.7 Å². The monoisotopic (exact) mass is 226 g/mol. The van der Waals surface area contributed by atoms with E-state index in [4.69, 9.17) is 4.74 Å². The molecule has 2 nitrogen and oxygen atoms in total. The molecular formula is C12H18O2S. The Labute approximate surface area is 95.7 Å². The molecule has 0 saturated carbocycles. The third kappa shape index (κ3) is 5.09. The Kier molecular flexibility index (Phi) is 4.48. The van der Waals surface area contributed by atoms with E-state index in [-0.39, 0.29) is 0 Å². The SMILES string of the molecule is COc1ccc(SCCC(C)(C)O)cc1. The Morgan fingerprint density at radius 3 is 2.33 bits per heavy atom. The summed E-state index contributed by atoms with van der Waals surface area (Å²) in [5.74, 6) is 1.80. The second-order valence-corrected chi connectivity index (χ2v) is 5.25. The first kappa shape index (κ1) is 12.4. The highest BCUT2D eigenvalue weighted by Gasteiger charge is 2.11. The van der Waals surface area contributed by atoms with Gasteiger partial charge in [0.25, 0.3) is 0 Å². The lowest BCUT2D eigenvalue weighted by Gasteiger charge is -2.16.